The van der Waals surface area contributed by atoms with E-state index in [9.17, 15) is 22.8 Å². The highest BCUT2D eigenvalue weighted by atomic mass is 19.4. The summed E-state index contributed by atoms with van der Waals surface area (Å²) in [6.07, 6.45) is 1.40. The topological polar surface area (TPSA) is 75.6 Å². The average molecular weight is 595 g/mol. The number of rotatable bonds is 7. The van der Waals surface area contributed by atoms with E-state index >= 15 is 0 Å². The molecule has 4 heterocycles. The summed E-state index contributed by atoms with van der Waals surface area (Å²) in [6, 6.07) is 12.8. The molecule has 1 atom stereocenters. The number of halogens is 3. The average Bonchev–Trinajstić information content (AvgIpc) is 3.00. The van der Waals surface area contributed by atoms with Gasteiger partial charge in [-0.2, -0.15) is 13.2 Å². The first-order valence-corrected chi connectivity index (χ1v) is 14.7. The Labute approximate surface area is 250 Å². The van der Waals surface area contributed by atoms with E-state index in [-0.39, 0.29) is 17.4 Å². The maximum absolute atomic E-state index is 13.3. The van der Waals surface area contributed by atoms with Crippen LogP contribution in [0.15, 0.2) is 60.9 Å². The predicted molar refractivity (Wildman–Crippen MR) is 156 cm³/mol. The number of hydrogen-bond donors (Lipinski definition) is 0. The molecule has 1 aromatic carbocycles. The Morgan fingerprint density at radius 3 is 2.19 bits per heavy atom. The van der Waals surface area contributed by atoms with E-state index in [1.54, 1.807) is 36.7 Å². The van der Waals surface area contributed by atoms with Gasteiger partial charge in [0.05, 0.1) is 11.3 Å². The van der Waals surface area contributed by atoms with Gasteiger partial charge in [-0.3, -0.25) is 19.5 Å². The van der Waals surface area contributed by atoms with Crippen LogP contribution in [0.25, 0.3) is 0 Å². The lowest BCUT2D eigenvalue weighted by atomic mass is 9.81. The van der Waals surface area contributed by atoms with Gasteiger partial charge in [-0.1, -0.05) is 30.3 Å². The number of amides is 1. The normalized spacial score (nSPS) is 18.7. The molecule has 43 heavy (non-hydrogen) atoms. The van der Waals surface area contributed by atoms with Crippen LogP contribution in [0.3, 0.4) is 0 Å². The van der Waals surface area contributed by atoms with Crippen LogP contribution in [0.4, 0.5) is 13.2 Å². The number of aromatic nitrogens is 2. The number of hydrogen-bond acceptors (Lipinski definition) is 6. The molecule has 0 saturated carbocycles. The number of pyridine rings is 2. The Balaban J connectivity index is 1.25. The van der Waals surface area contributed by atoms with Crippen LogP contribution in [-0.4, -0.2) is 69.4 Å². The number of Topliss-reactive ketones (excluding diaryl/α,β-unsaturated/α-hetero) is 1. The van der Waals surface area contributed by atoms with Crippen molar-refractivity contribution in [3.8, 4) is 5.88 Å². The Bertz CT molecular complexity index is 1410. The molecule has 0 spiro atoms. The molecular formula is C33H37F3N4O3. The van der Waals surface area contributed by atoms with Gasteiger partial charge < -0.3 is 9.64 Å². The molecule has 0 aliphatic carbocycles. The fourth-order valence-corrected chi connectivity index (χ4v) is 6.40. The summed E-state index contributed by atoms with van der Waals surface area (Å²) in [7, 11) is 0. The third-order valence-electron chi connectivity index (χ3n) is 9.07. The van der Waals surface area contributed by atoms with E-state index in [0.29, 0.717) is 30.1 Å². The van der Waals surface area contributed by atoms with Gasteiger partial charge in [0.1, 0.15) is 6.10 Å². The van der Waals surface area contributed by atoms with Crippen LogP contribution in [0, 0.1) is 19.8 Å². The Hall–Kier alpha value is -3.79. The Morgan fingerprint density at radius 1 is 0.930 bits per heavy atom. The minimum absolute atomic E-state index is 0.0429. The molecule has 10 heteroatoms. The third-order valence-corrected chi connectivity index (χ3v) is 9.07. The highest BCUT2D eigenvalue weighted by Gasteiger charge is 2.41. The molecule has 7 nitrogen and oxygen atoms in total. The lowest BCUT2D eigenvalue weighted by molar-refractivity contribution is -0.0885. The number of piperidine rings is 2. The Kier molecular flexibility index (Phi) is 8.87. The van der Waals surface area contributed by atoms with Crippen molar-refractivity contribution in [1.29, 1.82) is 0 Å². The molecule has 2 aromatic heterocycles. The zero-order valence-electron chi connectivity index (χ0n) is 24.7. The van der Waals surface area contributed by atoms with Crippen molar-refractivity contribution in [3.63, 3.8) is 0 Å². The standard InChI is InChI=1S/C33H37F3N4O3/c1-22-11-17-37-23(2)28(22)31(42)39-20-14-32(3,15-21-39)40-18-12-25(13-19-40)29(43-27-6-4-5-16-38-27)24-7-9-26(10-8-24)30(41)33(34,35)36/h4-11,16-17,25,29H,12-15,18-21H2,1-3H3. The van der Waals surface area contributed by atoms with Gasteiger partial charge in [0.25, 0.3) is 11.7 Å². The Morgan fingerprint density at radius 2 is 1.60 bits per heavy atom. The number of ether oxygens (including phenoxy) is 1. The van der Waals surface area contributed by atoms with Crippen LogP contribution in [0.1, 0.15) is 76.2 Å². The number of benzene rings is 1. The number of alkyl halides is 3. The summed E-state index contributed by atoms with van der Waals surface area (Å²) in [5.41, 5.74) is 2.66. The summed E-state index contributed by atoms with van der Waals surface area (Å²) in [4.78, 5) is 38.1. The molecule has 2 aliphatic heterocycles. The summed E-state index contributed by atoms with van der Waals surface area (Å²) < 4.78 is 45.2. The number of carbonyl (C=O) groups is 2. The van der Waals surface area contributed by atoms with Crippen molar-refractivity contribution in [2.75, 3.05) is 26.2 Å². The highest BCUT2D eigenvalue weighted by Crippen LogP contribution is 2.39. The number of carbonyl (C=O) groups excluding carboxylic acids is 2. The summed E-state index contributed by atoms with van der Waals surface area (Å²) in [6.45, 7) is 9.12. The van der Waals surface area contributed by atoms with E-state index in [1.165, 1.54) is 12.1 Å². The first-order valence-electron chi connectivity index (χ1n) is 14.7. The van der Waals surface area contributed by atoms with Crippen LogP contribution < -0.4 is 4.74 Å². The van der Waals surface area contributed by atoms with Crippen molar-refractivity contribution in [2.45, 2.75) is 64.3 Å². The van der Waals surface area contributed by atoms with Gasteiger partial charge in [0.15, 0.2) is 0 Å². The molecule has 2 fully saturated rings. The van der Waals surface area contributed by atoms with Gasteiger partial charge in [0.2, 0.25) is 5.88 Å². The predicted octanol–water partition coefficient (Wildman–Crippen LogP) is 6.37. The molecule has 3 aromatic rings. The van der Waals surface area contributed by atoms with Crippen LogP contribution >= 0.6 is 0 Å². The maximum atomic E-state index is 13.3. The number of likely N-dealkylation sites (tertiary alicyclic amines) is 2. The fourth-order valence-electron chi connectivity index (χ4n) is 6.40. The van der Waals surface area contributed by atoms with Gasteiger partial charge in [-0.05, 0) is 82.8 Å². The van der Waals surface area contributed by atoms with Gasteiger partial charge in [0, 0.05) is 48.6 Å². The molecular weight excluding hydrogens is 557 g/mol. The van der Waals surface area contributed by atoms with Crippen molar-refractivity contribution < 1.29 is 27.5 Å². The number of aryl methyl sites for hydroxylation is 2. The monoisotopic (exact) mass is 594 g/mol. The van der Waals surface area contributed by atoms with Gasteiger partial charge in [-0.15, -0.1) is 0 Å². The molecule has 1 unspecified atom stereocenters. The van der Waals surface area contributed by atoms with Crippen molar-refractivity contribution in [1.82, 2.24) is 19.8 Å². The van der Waals surface area contributed by atoms with Crippen molar-refractivity contribution >= 4 is 11.7 Å². The van der Waals surface area contributed by atoms with Gasteiger partial charge >= 0.3 is 6.18 Å². The van der Waals surface area contributed by atoms with E-state index in [2.05, 4.69) is 21.8 Å². The second-order valence-electron chi connectivity index (χ2n) is 11.9. The smallest absolute Gasteiger partial charge is 0.454 e. The molecule has 2 aliphatic rings. The van der Waals surface area contributed by atoms with Crippen LogP contribution in [0.2, 0.25) is 0 Å². The number of ketones is 1. The second kappa shape index (κ2) is 12.4. The van der Waals surface area contributed by atoms with Crippen LogP contribution in [-0.2, 0) is 0 Å². The first kappa shape index (κ1) is 30.7. The van der Waals surface area contributed by atoms with E-state index in [1.807, 2.05) is 30.9 Å². The molecule has 0 bridgehead atoms. The lowest BCUT2D eigenvalue weighted by Crippen LogP contribution is -2.56. The van der Waals surface area contributed by atoms with E-state index < -0.39 is 23.6 Å². The largest absolute Gasteiger partial charge is 0.469 e. The van der Waals surface area contributed by atoms with E-state index in [4.69, 9.17) is 4.74 Å². The second-order valence-corrected chi connectivity index (χ2v) is 11.9. The number of nitrogens with zero attached hydrogens (tertiary/aromatic N) is 4. The molecule has 1 amide bonds. The minimum Gasteiger partial charge on any atom is -0.469 e. The zero-order chi connectivity index (χ0) is 30.8. The first-order chi connectivity index (χ1) is 20.5. The minimum atomic E-state index is -4.92. The maximum Gasteiger partial charge on any atom is 0.454 e. The SMILES string of the molecule is Cc1ccnc(C)c1C(=O)N1CCC(C)(N2CCC(C(Oc3ccccn3)c3ccc(C(=O)C(F)(F)F)cc3)CC2)CC1. The van der Waals surface area contributed by atoms with Crippen LogP contribution in [0.5, 0.6) is 5.88 Å². The van der Waals surface area contributed by atoms with Crippen molar-refractivity contribution in [3.05, 3.63) is 88.9 Å². The summed E-state index contributed by atoms with van der Waals surface area (Å²) in [5, 5.41) is 0. The molecule has 0 radical (unpaired) electrons. The highest BCUT2D eigenvalue weighted by molar-refractivity contribution is 6.00. The lowest BCUT2D eigenvalue weighted by Gasteiger charge is -2.50. The molecule has 5 rings (SSSR count). The molecule has 228 valence electrons. The zero-order valence-corrected chi connectivity index (χ0v) is 24.7. The van der Waals surface area contributed by atoms with Crippen molar-refractivity contribution in [2.24, 2.45) is 5.92 Å². The fraction of sp³-hybridized carbons (Fsp3) is 0.455. The quantitative estimate of drug-likeness (QED) is 0.296. The summed E-state index contributed by atoms with van der Waals surface area (Å²) >= 11 is 0. The summed E-state index contributed by atoms with van der Waals surface area (Å²) in [5.74, 6) is -1.28. The third kappa shape index (κ3) is 6.74. The van der Waals surface area contributed by atoms with E-state index in [0.717, 1.165) is 50.0 Å². The van der Waals surface area contributed by atoms with Gasteiger partial charge in [-0.25, -0.2) is 4.98 Å². The molecule has 2 saturated heterocycles. The molecule has 0 N–H and O–H groups in total.